The molecule has 2 rings (SSSR count). The summed E-state index contributed by atoms with van der Waals surface area (Å²) in [5.74, 6) is 1.39. The zero-order valence-corrected chi connectivity index (χ0v) is 14.9. The van der Waals surface area contributed by atoms with Crippen molar-refractivity contribution in [3.8, 4) is 0 Å². The molecule has 0 fully saturated rings. The van der Waals surface area contributed by atoms with Crippen LogP contribution in [0.15, 0.2) is 28.9 Å². The minimum absolute atomic E-state index is 0.519. The number of aryl methyl sites for hydroxylation is 1. The van der Waals surface area contributed by atoms with E-state index in [1.807, 2.05) is 18.2 Å². The van der Waals surface area contributed by atoms with Gasteiger partial charge >= 0.3 is 0 Å². The molecular formula is C16H22BrN5. The molecule has 1 N–H and O–H groups in total. The highest BCUT2D eigenvalue weighted by Gasteiger charge is 2.09. The molecule has 0 saturated carbocycles. The maximum Gasteiger partial charge on any atom is 0.249 e. The summed E-state index contributed by atoms with van der Waals surface area (Å²) in [6.07, 6.45) is 3.89. The zero-order chi connectivity index (χ0) is 15.9. The minimum Gasteiger partial charge on any atom is -0.355 e. The van der Waals surface area contributed by atoms with Crippen LogP contribution in [0.4, 0.5) is 17.5 Å². The molecule has 1 heterocycles. The van der Waals surface area contributed by atoms with E-state index >= 15 is 0 Å². The van der Waals surface area contributed by atoms with Crippen LogP contribution in [0.5, 0.6) is 0 Å². The number of hydrogen-bond donors (Lipinski definition) is 1. The number of benzene rings is 1. The zero-order valence-electron chi connectivity index (χ0n) is 13.3. The first-order valence-corrected chi connectivity index (χ1v) is 8.41. The molecule has 0 amide bonds. The van der Waals surface area contributed by atoms with Crippen molar-refractivity contribution in [2.75, 3.05) is 23.3 Å². The number of aromatic nitrogens is 3. The molecule has 118 valence electrons. The quantitative estimate of drug-likeness (QED) is 0.793. The van der Waals surface area contributed by atoms with Gasteiger partial charge in [0.1, 0.15) is 0 Å². The molecule has 0 radical (unpaired) electrons. The van der Waals surface area contributed by atoms with Gasteiger partial charge in [0.15, 0.2) is 5.82 Å². The summed E-state index contributed by atoms with van der Waals surface area (Å²) in [7, 11) is 0. The third-order valence-corrected chi connectivity index (χ3v) is 4.14. The van der Waals surface area contributed by atoms with Crippen molar-refractivity contribution in [3.05, 3.63) is 34.4 Å². The second kappa shape index (κ2) is 8.08. The molecule has 0 saturated heterocycles. The fourth-order valence-corrected chi connectivity index (χ4v) is 2.56. The molecule has 22 heavy (non-hydrogen) atoms. The molecule has 0 spiro atoms. The van der Waals surface area contributed by atoms with Crippen LogP contribution in [0.2, 0.25) is 0 Å². The Morgan fingerprint density at radius 3 is 2.55 bits per heavy atom. The summed E-state index contributed by atoms with van der Waals surface area (Å²) in [4.78, 5) is 6.82. The summed E-state index contributed by atoms with van der Waals surface area (Å²) in [5, 5.41) is 11.4. The van der Waals surface area contributed by atoms with Crippen molar-refractivity contribution in [2.45, 2.75) is 33.6 Å². The van der Waals surface area contributed by atoms with Gasteiger partial charge in [-0.05, 0) is 37.5 Å². The molecule has 0 aliphatic rings. The molecule has 2 aromatic rings. The summed E-state index contributed by atoms with van der Waals surface area (Å²) < 4.78 is 1.06. The predicted octanol–water partition coefficient (Wildman–Crippen LogP) is 4.31. The molecule has 5 nitrogen and oxygen atoms in total. The second-order valence-electron chi connectivity index (χ2n) is 5.21. The van der Waals surface area contributed by atoms with Gasteiger partial charge in [-0.2, -0.15) is 10.1 Å². The van der Waals surface area contributed by atoms with Gasteiger partial charge in [-0.15, -0.1) is 5.10 Å². The summed E-state index contributed by atoms with van der Waals surface area (Å²) >= 11 is 3.53. The standard InChI is InChI=1S/C16H22BrN5/c1-4-8-22(9-5-2)15-11-18-21-16(20-15)19-13-7-6-12(3)14(17)10-13/h6-7,10-11H,4-5,8-9H2,1-3H3,(H,19,20,21). The molecular weight excluding hydrogens is 342 g/mol. The Bertz CT molecular complexity index is 611. The fraction of sp³-hybridized carbons (Fsp3) is 0.438. The molecule has 1 aromatic carbocycles. The minimum atomic E-state index is 0.519. The molecule has 0 atom stereocenters. The molecule has 0 bridgehead atoms. The van der Waals surface area contributed by atoms with Crippen molar-refractivity contribution in [3.63, 3.8) is 0 Å². The van der Waals surface area contributed by atoms with Crippen LogP contribution in [-0.2, 0) is 0 Å². The lowest BCUT2D eigenvalue weighted by atomic mass is 10.2. The third-order valence-electron chi connectivity index (χ3n) is 3.29. The van der Waals surface area contributed by atoms with Crippen molar-refractivity contribution >= 4 is 33.4 Å². The lowest BCUT2D eigenvalue weighted by Gasteiger charge is -2.22. The monoisotopic (exact) mass is 363 g/mol. The topological polar surface area (TPSA) is 53.9 Å². The second-order valence-corrected chi connectivity index (χ2v) is 6.07. The van der Waals surface area contributed by atoms with Gasteiger partial charge in [-0.25, -0.2) is 0 Å². The van der Waals surface area contributed by atoms with Crippen LogP contribution in [-0.4, -0.2) is 28.3 Å². The average molecular weight is 364 g/mol. The molecule has 0 aliphatic carbocycles. The van der Waals surface area contributed by atoms with E-state index in [9.17, 15) is 0 Å². The van der Waals surface area contributed by atoms with E-state index in [0.717, 1.165) is 41.9 Å². The van der Waals surface area contributed by atoms with Crippen molar-refractivity contribution in [1.29, 1.82) is 0 Å². The SMILES string of the molecule is CCCN(CCC)c1cnnc(Nc2ccc(C)c(Br)c2)n1. The number of anilines is 3. The number of halogens is 1. The van der Waals surface area contributed by atoms with Crippen LogP contribution in [0.1, 0.15) is 32.3 Å². The smallest absolute Gasteiger partial charge is 0.249 e. The Kier molecular flexibility index (Phi) is 6.12. The summed E-state index contributed by atoms with van der Waals surface area (Å²) in [5.41, 5.74) is 2.13. The normalized spacial score (nSPS) is 10.5. The molecule has 6 heteroatoms. The van der Waals surface area contributed by atoms with Crippen LogP contribution >= 0.6 is 15.9 Å². The molecule has 0 aliphatic heterocycles. The van der Waals surface area contributed by atoms with Crippen molar-refractivity contribution in [1.82, 2.24) is 15.2 Å². The van der Waals surface area contributed by atoms with Gasteiger partial charge in [0.05, 0.1) is 6.20 Å². The first-order chi connectivity index (χ1) is 10.6. The Morgan fingerprint density at radius 1 is 1.18 bits per heavy atom. The van der Waals surface area contributed by atoms with E-state index in [1.54, 1.807) is 6.20 Å². The Labute approximate surface area is 140 Å². The van der Waals surface area contributed by atoms with Crippen molar-refractivity contribution in [2.24, 2.45) is 0 Å². The maximum absolute atomic E-state index is 4.58. The highest BCUT2D eigenvalue weighted by atomic mass is 79.9. The van der Waals surface area contributed by atoms with Gasteiger partial charge in [0, 0.05) is 23.2 Å². The van der Waals surface area contributed by atoms with Crippen LogP contribution in [0.25, 0.3) is 0 Å². The van der Waals surface area contributed by atoms with Crippen molar-refractivity contribution < 1.29 is 0 Å². The number of nitrogens with one attached hydrogen (secondary N) is 1. The van der Waals surface area contributed by atoms with E-state index in [0.29, 0.717) is 5.95 Å². The van der Waals surface area contributed by atoms with Gasteiger partial charge in [0.2, 0.25) is 5.95 Å². The van der Waals surface area contributed by atoms with Gasteiger partial charge in [-0.3, -0.25) is 0 Å². The van der Waals surface area contributed by atoms with Gasteiger partial charge in [-0.1, -0.05) is 35.8 Å². The van der Waals surface area contributed by atoms with Crippen LogP contribution in [0, 0.1) is 6.92 Å². The number of nitrogens with zero attached hydrogens (tertiary/aromatic N) is 4. The Balaban J connectivity index is 2.18. The molecule has 0 unspecified atom stereocenters. The third kappa shape index (κ3) is 4.40. The first kappa shape index (κ1) is 16.7. The largest absolute Gasteiger partial charge is 0.355 e. The van der Waals surface area contributed by atoms with Crippen LogP contribution in [0.3, 0.4) is 0 Å². The van der Waals surface area contributed by atoms with Gasteiger partial charge in [0.25, 0.3) is 0 Å². The van der Waals surface area contributed by atoms with E-state index in [1.165, 1.54) is 5.56 Å². The van der Waals surface area contributed by atoms with E-state index in [-0.39, 0.29) is 0 Å². The Hall–Kier alpha value is -1.69. The van der Waals surface area contributed by atoms with E-state index < -0.39 is 0 Å². The maximum atomic E-state index is 4.58. The summed E-state index contributed by atoms with van der Waals surface area (Å²) in [6, 6.07) is 6.07. The Morgan fingerprint density at radius 2 is 1.91 bits per heavy atom. The van der Waals surface area contributed by atoms with Crippen LogP contribution < -0.4 is 10.2 Å². The van der Waals surface area contributed by atoms with Gasteiger partial charge < -0.3 is 10.2 Å². The predicted molar refractivity (Wildman–Crippen MR) is 94.8 cm³/mol. The lowest BCUT2D eigenvalue weighted by molar-refractivity contribution is 0.728. The van der Waals surface area contributed by atoms with E-state index in [2.05, 4.69) is 62.1 Å². The summed E-state index contributed by atoms with van der Waals surface area (Å²) in [6.45, 7) is 8.34. The molecule has 1 aromatic heterocycles. The fourth-order valence-electron chi connectivity index (χ4n) is 2.18. The first-order valence-electron chi connectivity index (χ1n) is 7.61. The lowest BCUT2D eigenvalue weighted by Crippen LogP contribution is -2.26. The highest BCUT2D eigenvalue weighted by Crippen LogP contribution is 2.22. The van der Waals surface area contributed by atoms with E-state index in [4.69, 9.17) is 0 Å². The number of hydrogen-bond acceptors (Lipinski definition) is 5. The number of rotatable bonds is 7. The average Bonchev–Trinajstić information content (AvgIpc) is 2.51. The highest BCUT2D eigenvalue weighted by molar-refractivity contribution is 9.10.